The monoisotopic (exact) mass is 393 g/mol. The van der Waals surface area contributed by atoms with Gasteiger partial charge in [-0.05, 0) is 50.7 Å². The Morgan fingerprint density at radius 3 is 2.52 bits per heavy atom. The van der Waals surface area contributed by atoms with Crippen LogP contribution in [0.3, 0.4) is 0 Å². The summed E-state index contributed by atoms with van der Waals surface area (Å²) in [7, 11) is -3.52. The first-order valence-corrected chi connectivity index (χ1v) is 11.4. The number of nitrogens with zero attached hydrogens (tertiary/aromatic N) is 1. The summed E-state index contributed by atoms with van der Waals surface area (Å²) in [5.74, 6) is 0.170. The molecule has 1 heterocycles. The van der Waals surface area contributed by atoms with Crippen LogP contribution in [0.2, 0.25) is 0 Å². The highest BCUT2D eigenvalue weighted by Crippen LogP contribution is 2.29. The van der Waals surface area contributed by atoms with Crippen molar-refractivity contribution in [3.05, 3.63) is 29.8 Å². The molecule has 3 N–H and O–H groups in total. The van der Waals surface area contributed by atoms with Crippen molar-refractivity contribution in [2.24, 2.45) is 11.7 Å². The zero-order valence-electron chi connectivity index (χ0n) is 16.1. The molecule has 1 atom stereocenters. The van der Waals surface area contributed by atoms with E-state index >= 15 is 0 Å². The van der Waals surface area contributed by atoms with Crippen LogP contribution in [0.15, 0.2) is 29.2 Å². The molecule has 0 spiro atoms. The number of benzene rings is 1. The molecule has 2 aliphatic rings. The number of amides is 1. The lowest BCUT2D eigenvalue weighted by molar-refractivity contribution is -0.140. The van der Waals surface area contributed by atoms with Crippen LogP contribution in [0.4, 0.5) is 0 Å². The third-order valence-corrected chi connectivity index (χ3v) is 7.31. The maximum Gasteiger partial charge on any atom is 0.242 e. The van der Waals surface area contributed by atoms with Crippen LogP contribution in [0, 0.1) is 12.8 Å². The molecule has 1 saturated heterocycles. The molecule has 1 aliphatic carbocycles. The minimum absolute atomic E-state index is 0.0493. The van der Waals surface area contributed by atoms with Gasteiger partial charge in [0.1, 0.15) is 0 Å². The second kappa shape index (κ2) is 8.29. The zero-order valence-corrected chi connectivity index (χ0v) is 16.9. The number of carbonyl (C=O) groups excluding carboxylic acids is 1. The van der Waals surface area contributed by atoms with Crippen LogP contribution in [-0.4, -0.2) is 44.4 Å². The van der Waals surface area contributed by atoms with Crippen LogP contribution < -0.4 is 10.5 Å². The molecule has 2 fully saturated rings. The van der Waals surface area contributed by atoms with Crippen molar-refractivity contribution < 1.29 is 13.2 Å². The summed E-state index contributed by atoms with van der Waals surface area (Å²) in [4.78, 5) is 15.1. The predicted molar refractivity (Wildman–Crippen MR) is 106 cm³/mol. The fourth-order valence-electron chi connectivity index (χ4n) is 4.16. The predicted octanol–water partition coefficient (Wildman–Crippen LogP) is 2.17. The highest BCUT2D eigenvalue weighted by molar-refractivity contribution is 7.89. The number of nitrogens with one attached hydrogen (secondary N) is 1. The first-order valence-electron chi connectivity index (χ1n) is 9.95. The third kappa shape index (κ3) is 4.89. The Balaban J connectivity index is 1.58. The van der Waals surface area contributed by atoms with Crippen LogP contribution in [0.5, 0.6) is 0 Å². The average molecular weight is 394 g/mol. The largest absolute Gasteiger partial charge is 0.341 e. The van der Waals surface area contributed by atoms with E-state index in [1.165, 1.54) is 0 Å². The number of rotatable bonds is 5. The number of aryl methyl sites for hydroxylation is 1. The highest BCUT2D eigenvalue weighted by Gasteiger charge is 2.39. The summed E-state index contributed by atoms with van der Waals surface area (Å²) in [6, 6.07) is 6.83. The van der Waals surface area contributed by atoms with Gasteiger partial charge < -0.3 is 10.6 Å². The van der Waals surface area contributed by atoms with Gasteiger partial charge in [-0.2, -0.15) is 0 Å². The molecule has 0 radical (unpaired) electrons. The van der Waals surface area contributed by atoms with Gasteiger partial charge in [0, 0.05) is 19.6 Å². The van der Waals surface area contributed by atoms with Gasteiger partial charge in [-0.3, -0.25) is 4.79 Å². The molecule has 0 bridgehead atoms. The molecular weight excluding hydrogens is 362 g/mol. The van der Waals surface area contributed by atoms with E-state index in [-0.39, 0.29) is 16.7 Å². The number of likely N-dealkylation sites (tertiary alicyclic amines) is 1. The number of hydrogen-bond acceptors (Lipinski definition) is 4. The van der Waals surface area contributed by atoms with Crippen molar-refractivity contribution in [1.29, 1.82) is 0 Å². The summed E-state index contributed by atoms with van der Waals surface area (Å²) in [6.07, 6.45) is 6.48. The van der Waals surface area contributed by atoms with Gasteiger partial charge in [-0.25, -0.2) is 13.1 Å². The average Bonchev–Trinajstić information content (AvgIpc) is 2.67. The molecule has 7 heteroatoms. The van der Waals surface area contributed by atoms with Gasteiger partial charge in [0.2, 0.25) is 15.9 Å². The minimum atomic E-state index is -3.52. The van der Waals surface area contributed by atoms with Crippen molar-refractivity contribution in [3.8, 4) is 0 Å². The van der Waals surface area contributed by atoms with Crippen LogP contribution in [0.1, 0.15) is 50.5 Å². The second-order valence-corrected chi connectivity index (χ2v) is 9.91. The van der Waals surface area contributed by atoms with Crippen LogP contribution in [0.25, 0.3) is 0 Å². The summed E-state index contributed by atoms with van der Waals surface area (Å²) in [5.41, 5.74) is 6.71. The van der Waals surface area contributed by atoms with E-state index in [2.05, 4.69) is 4.72 Å². The second-order valence-electron chi connectivity index (χ2n) is 8.14. The van der Waals surface area contributed by atoms with Crippen LogP contribution >= 0.6 is 0 Å². The SMILES string of the molecule is Cc1ccc(S(=O)(=O)NCC2CCCN(C(=O)C3(N)CCCCC3)C2)cc1. The van der Waals surface area contributed by atoms with E-state index in [0.717, 1.165) is 57.1 Å². The summed E-state index contributed by atoms with van der Waals surface area (Å²) >= 11 is 0. The summed E-state index contributed by atoms with van der Waals surface area (Å²) in [5, 5.41) is 0. The van der Waals surface area contributed by atoms with E-state index < -0.39 is 15.6 Å². The van der Waals surface area contributed by atoms with Crippen molar-refractivity contribution in [1.82, 2.24) is 9.62 Å². The van der Waals surface area contributed by atoms with Crippen molar-refractivity contribution in [3.63, 3.8) is 0 Å². The number of nitrogens with two attached hydrogens (primary N) is 1. The summed E-state index contributed by atoms with van der Waals surface area (Å²) in [6.45, 7) is 3.57. The van der Waals surface area contributed by atoms with Gasteiger partial charge in [-0.1, -0.05) is 37.0 Å². The lowest BCUT2D eigenvalue weighted by Gasteiger charge is -2.40. The Hall–Kier alpha value is -1.44. The molecule has 1 aromatic rings. The van der Waals surface area contributed by atoms with Gasteiger partial charge in [0.05, 0.1) is 10.4 Å². The lowest BCUT2D eigenvalue weighted by atomic mass is 9.81. The Morgan fingerprint density at radius 2 is 1.85 bits per heavy atom. The van der Waals surface area contributed by atoms with Crippen molar-refractivity contribution >= 4 is 15.9 Å². The minimum Gasteiger partial charge on any atom is -0.341 e. The molecule has 3 rings (SSSR count). The number of sulfonamides is 1. The number of piperidine rings is 1. The third-order valence-electron chi connectivity index (χ3n) is 5.87. The maximum absolute atomic E-state index is 12.9. The molecule has 1 unspecified atom stereocenters. The smallest absolute Gasteiger partial charge is 0.242 e. The fourth-order valence-corrected chi connectivity index (χ4v) is 5.27. The zero-order chi connectivity index (χ0) is 19.5. The van der Waals surface area contributed by atoms with Gasteiger partial charge in [0.15, 0.2) is 0 Å². The highest BCUT2D eigenvalue weighted by atomic mass is 32.2. The van der Waals surface area contributed by atoms with Gasteiger partial charge in [0.25, 0.3) is 0 Å². The normalized spacial score (nSPS) is 23.2. The van der Waals surface area contributed by atoms with E-state index in [4.69, 9.17) is 5.73 Å². The molecule has 6 nitrogen and oxygen atoms in total. The summed E-state index contributed by atoms with van der Waals surface area (Å²) < 4.78 is 27.7. The molecule has 1 saturated carbocycles. The maximum atomic E-state index is 12.9. The molecule has 0 aromatic heterocycles. The first-order chi connectivity index (χ1) is 12.8. The lowest BCUT2D eigenvalue weighted by Crippen LogP contribution is -2.58. The Bertz CT molecular complexity index is 755. The van der Waals surface area contributed by atoms with Gasteiger partial charge >= 0.3 is 0 Å². The van der Waals surface area contributed by atoms with Crippen molar-refractivity contribution in [2.75, 3.05) is 19.6 Å². The number of hydrogen-bond donors (Lipinski definition) is 2. The van der Waals surface area contributed by atoms with E-state index in [1.807, 2.05) is 11.8 Å². The molecule has 1 aromatic carbocycles. The molecule has 1 aliphatic heterocycles. The molecular formula is C20H31N3O3S. The van der Waals surface area contributed by atoms with E-state index in [9.17, 15) is 13.2 Å². The Kier molecular flexibility index (Phi) is 6.23. The first kappa shape index (κ1) is 20.3. The number of carbonyl (C=O) groups is 1. The topological polar surface area (TPSA) is 92.5 Å². The molecule has 150 valence electrons. The van der Waals surface area contributed by atoms with E-state index in [0.29, 0.717) is 13.1 Å². The molecule has 1 amide bonds. The Morgan fingerprint density at radius 1 is 1.19 bits per heavy atom. The van der Waals surface area contributed by atoms with E-state index in [1.54, 1.807) is 24.3 Å². The quantitative estimate of drug-likeness (QED) is 0.802. The van der Waals surface area contributed by atoms with Gasteiger partial charge in [-0.15, -0.1) is 0 Å². The molecule has 27 heavy (non-hydrogen) atoms. The fraction of sp³-hybridized carbons (Fsp3) is 0.650. The Labute approximate surface area is 162 Å². The van der Waals surface area contributed by atoms with Crippen LogP contribution in [-0.2, 0) is 14.8 Å². The standard InChI is InChI=1S/C20H31N3O3S/c1-16-7-9-18(10-8-16)27(25,26)22-14-17-6-5-13-23(15-17)19(24)20(21)11-3-2-4-12-20/h7-10,17,22H,2-6,11-15,21H2,1H3. The van der Waals surface area contributed by atoms with Crippen molar-refractivity contribution in [2.45, 2.75) is 62.3 Å².